The minimum absolute atomic E-state index is 0.128. The van der Waals surface area contributed by atoms with E-state index in [4.69, 9.17) is 2.74 Å². The summed E-state index contributed by atoms with van der Waals surface area (Å²) in [4.78, 5) is 0. The van der Waals surface area contributed by atoms with Crippen LogP contribution in [0.1, 0.15) is 16.0 Å². The number of hydrogen-bond donors (Lipinski definition) is 0. The van der Waals surface area contributed by atoms with Gasteiger partial charge in [0.2, 0.25) is 0 Å². The summed E-state index contributed by atoms with van der Waals surface area (Å²) in [7, 11) is 0. The number of rotatable bonds is 1. The van der Waals surface area contributed by atoms with Crippen LogP contribution in [0.25, 0.3) is 0 Å². The smallest absolute Gasteiger partial charge is 0.0891 e. The highest BCUT2D eigenvalue weighted by Gasteiger charge is 1.60. The number of hydrogen-bond acceptors (Lipinski definition) is 0. The molecular formula is C3H7F. The Balaban J connectivity index is 2.75. The average molecular weight is 64.1 g/mol. The van der Waals surface area contributed by atoms with E-state index in [-0.39, 0.29) is 6.90 Å². The van der Waals surface area contributed by atoms with Crippen LogP contribution in [-0.2, 0) is 0 Å². The first-order valence-electron chi connectivity index (χ1n) is 2.37. The molecule has 0 N–H and O–H groups in total. The molecule has 1 atom stereocenters. The first kappa shape index (κ1) is 1.39. The molecule has 0 saturated heterocycles. The largest absolute Gasteiger partial charge is 0.251 e. The zero-order chi connectivity index (χ0) is 4.99. The quantitative estimate of drug-likeness (QED) is 0.432. The van der Waals surface area contributed by atoms with Crippen LogP contribution in [0.3, 0.4) is 0 Å². The van der Waals surface area contributed by atoms with E-state index in [2.05, 4.69) is 0 Å². The third-order valence-corrected chi connectivity index (χ3v) is 0.109. The van der Waals surface area contributed by atoms with E-state index in [1.54, 1.807) is 0 Å². The third kappa shape index (κ3) is 1.93. The molecular weight excluding hydrogens is 55.0 g/mol. The van der Waals surface area contributed by atoms with Gasteiger partial charge in [0.25, 0.3) is 0 Å². The van der Waals surface area contributed by atoms with E-state index >= 15 is 0 Å². The van der Waals surface area contributed by atoms with Crippen LogP contribution in [-0.4, -0.2) is 6.67 Å². The van der Waals surface area contributed by atoms with Gasteiger partial charge in [0.1, 0.15) is 0 Å². The zero-order valence-electron chi connectivity index (χ0n) is 4.37. The molecule has 1 unspecified atom stereocenters. The van der Waals surface area contributed by atoms with Crippen molar-refractivity contribution in [1.29, 1.82) is 0 Å². The summed E-state index contributed by atoms with van der Waals surface area (Å²) in [5.74, 6) is 0. The highest BCUT2D eigenvalue weighted by atomic mass is 19.1. The van der Waals surface area contributed by atoms with Crippen molar-refractivity contribution in [3.8, 4) is 0 Å². The lowest BCUT2D eigenvalue weighted by atomic mass is 10.6. The number of halogens is 1. The molecule has 0 aliphatic heterocycles. The SMILES string of the molecule is [2H]CC([2H])CF. The van der Waals surface area contributed by atoms with Gasteiger partial charge in [-0.3, -0.25) is 4.39 Å². The molecule has 26 valence electrons. The van der Waals surface area contributed by atoms with E-state index in [1.807, 2.05) is 0 Å². The van der Waals surface area contributed by atoms with Crippen molar-refractivity contribution in [2.24, 2.45) is 0 Å². The molecule has 0 amide bonds. The molecule has 0 aliphatic rings. The Morgan fingerprint density at radius 2 is 3.25 bits per heavy atom. The van der Waals surface area contributed by atoms with Gasteiger partial charge in [-0.25, -0.2) is 0 Å². The maximum Gasteiger partial charge on any atom is 0.0891 e. The molecule has 0 fully saturated rings. The summed E-state index contributed by atoms with van der Waals surface area (Å²) < 4.78 is 24.0. The van der Waals surface area contributed by atoms with Crippen LogP contribution in [0, 0.1) is 0 Å². The summed E-state index contributed by atoms with van der Waals surface area (Å²) in [5.41, 5.74) is 0. The fourth-order valence-corrected chi connectivity index (χ4v) is 0. The van der Waals surface area contributed by atoms with Crippen LogP contribution in [0.4, 0.5) is 4.39 Å². The van der Waals surface area contributed by atoms with E-state index in [0.29, 0.717) is 0 Å². The molecule has 0 aliphatic carbocycles. The molecule has 0 spiro atoms. The molecule has 0 bridgehead atoms. The van der Waals surface area contributed by atoms with E-state index < -0.39 is 13.1 Å². The summed E-state index contributed by atoms with van der Waals surface area (Å²) >= 11 is 0. The summed E-state index contributed by atoms with van der Waals surface area (Å²) in [5, 5.41) is 0. The van der Waals surface area contributed by atoms with Gasteiger partial charge in [-0.05, 0) is 6.40 Å². The summed E-state index contributed by atoms with van der Waals surface area (Å²) in [6, 6.07) is 0. The lowest BCUT2D eigenvalue weighted by Crippen LogP contribution is -1.58. The van der Waals surface area contributed by atoms with Crippen LogP contribution in [0.5, 0.6) is 0 Å². The zero-order valence-corrected chi connectivity index (χ0v) is 2.37. The van der Waals surface area contributed by atoms with Crippen molar-refractivity contribution in [1.82, 2.24) is 0 Å². The first-order valence-corrected chi connectivity index (χ1v) is 1.08. The van der Waals surface area contributed by atoms with Crippen molar-refractivity contribution in [3.05, 3.63) is 0 Å². The molecule has 0 aromatic heterocycles. The Kier molecular flexibility index (Phi) is 1.02. The molecule has 0 aromatic rings. The highest BCUT2D eigenvalue weighted by Crippen LogP contribution is 1.69. The molecule has 0 radical (unpaired) electrons. The van der Waals surface area contributed by atoms with E-state index in [0.717, 1.165) is 0 Å². The van der Waals surface area contributed by atoms with Crippen molar-refractivity contribution in [2.75, 3.05) is 6.67 Å². The molecule has 0 aromatic carbocycles. The standard InChI is InChI=1S/C3H7F/c1-2-3-4/h2-3H2,1H3/i1D,2D. The van der Waals surface area contributed by atoms with Crippen molar-refractivity contribution >= 4 is 0 Å². The highest BCUT2D eigenvalue weighted by molar-refractivity contribution is 4.11. The van der Waals surface area contributed by atoms with Crippen LogP contribution in [0.2, 0.25) is 0 Å². The van der Waals surface area contributed by atoms with Gasteiger partial charge >= 0.3 is 0 Å². The van der Waals surface area contributed by atoms with Gasteiger partial charge in [-0.15, -0.1) is 0 Å². The minimum atomic E-state index is -0.815. The molecule has 0 saturated carbocycles. The Morgan fingerprint density at radius 3 is 3.25 bits per heavy atom. The predicted molar refractivity (Wildman–Crippen MR) is 16.3 cm³/mol. The second kappa shape index (κ2) is 2.93. The molecule has 0 heterocycles. The average Bonchev–Trinajstić information content (AvgIpc) is 1.65. The lowest BCUT2D eigenvalue weighted by molar-refractivity contribution is 0.487. The van der Waals surface area contributed by atoms with Crippen LogP contribution < -0.4 is 0 Å². The molecule has 0 rings (SSSR count). The van der Waals surface area contributed by atoms with Gasteiger partial charge in [0.15, 0.2) is 0 Å². The second-order valence-electron chi connectivity index (χ2n) is 0.443. The fraction of sp³-hybridized carbons (Fsp3) is 1.00. The van der Waals surface area contributed by atoms with Crippen LogP contribution >= 0.6 is 0 Å². The molecule has 1 heteroatoms. The second-order valence-corrected chi connectivity index (χ2v) is 0.443. The summed E-state index contributed by atoms with van der Waals surface area (Å²) in [6.45, 7) is -0.819. The fourth-order valence-electron chi connectivity index (χ4n) is 0. The Labute approximate surface area is 28.4 Å². The topological polar surface area (TPSA) is 0 Å². The van der Waals surface area contributed by atoms with Gasteiger partial charge in [0.05, 0.1) is 6.67 Å². The third-order valence-electron chi connectivity index (χ3n) is 0.109. The number of alkyl halides is 1. The minimum Gasteiger partial charge on any atom is -0.251 e. The van der Waals surface area contributed by atoms with Gasteiger partial charge < -0.3 is 0 Å². The van der Waals surface area contributed by atoms with E-state index in [1.165, 1.54) is 0 Å². The molecule has 4 heavy (non-hydrogen) atoms. The first-order chi connectivity index (χ1) is 2.81. The monoisotopic (exact) mass is 64.1 g/mol. The van der Waals surface area contributed by atoms with Gasteiger partial charge in [-0.2, -0.15) is 0 Å². The Morgan fingerprint density at radius 1 is 2.50 bits per heavy atom. The lowest BCUT2D eigenvalue weighted by Gasteiger charge is -1.64. The van der Waals surface area contributed by atoms with Crippen molar-refractivity contribution < 1.29 is 7.13 Å². The summed E-state index contributed by atoms with van der Waals surface area (Å²) in [6.07, 6.45) is -0.815. The maximum atomic E-state index is 11.1. The Bertz CT molecular complexity index is 28.0. The van der Waals surface area contributed by atoms with E-state index in [9.17, 15) is 4.39 Å². The van der Waals surface area contributed by atoms with Crippen molar-refractivity contribution in [3.63, 3.8) is 0 Å². The van der Waals surface area contributed by atoms with Gasteiger partial charge in [0, 0.05) is 2.74 Å². The van der Waals surface area contributed by atoms with Gasteiger partial charge in [-0.1, -0.05) is 6.90 Å². The maximum absolute atomic E-state index is 11.1. The van der Waals surface area contributed by atoms with Crippen LogP contribution in [0.15, 0.2) is 0 Å². The normalized spacial score (nSPS) is 22.2. The predicted octanol–water partition coefficient (Wildman–Crippen LogP) is 1.37. The Hall–Kier alpha value is -0.0700. The van der Waals surface area contributed by atoms with Crippen molar-refractivity contribution in [2.45, 2.75) is 13.3 Å². The molecule has 0 nitrogen and oxygen atoms in total.